The van der Waals surface area contributed by atoms with E-state index in [4.69, 9.17) is 4.74 Å². The summed E-state index contributed by atoms with van der Waals surface area (Å²) in [7, 11) is 1.73. The fourth-order valence-electron chi connectivity index (χ4n) is 2.76. The van der Waals surface area contributed by atoms with Gasteiger partial charge >= 0.3 is 0 Å². The van der Waals surface area contributed by atoms with Crippen molar-refractivity contribution in [3.8, 4) is 5.75 Å². The van der Waals surface area contributed by atoms with Gasteiger partial charge in [0.15, 0.2) is 0 Å². The Labute approximate surface area is 122 Å². The molecule has 0 fully saturated rings. The molecule has 0 spiro atoms. The Morgan fingerprint density at radius 3 is 2.50 bits per heavy atom. The number of fused-ring (bicyclic) bond motifs is 1. The van der Waals surface area contributed by atoms with Gasteiger partial charge in [-0.1, -0.05) is 45.4 Å². The molecule has 0 aliphatic rings. The lowest BCUT2D eigenvalue weighted by molar-refractivity contribution is 0.415. The highest BCUT2D eigenvalue weighted by molar-refractivity contribution is 5.84. The summed E-state index contributed by atoms with van der Waals surface area (Å²) in [6.45, 7) is 2.27. The molecule has 0 aliphatic heterocycles. The van der Waals surface area contributed by atoms with E-state index < -0.39 is 0 Å². The number of aryl methyl sites for hydroxylation is 1. The molecule has 20 heavy (non-hydrogen) atoms. The van der Waals surface area contributed by atoms with E-state index >= 15 is 0 Å². The Hall–Kier alpha value is -1.44. The second kappa shape index (κ2) is 7.98. The van der Waals surface area contributed by atoms with Gasteiger partial charge in [0.2, 0.25) is 0 Å². The van der Waals surface area contributed by atoms with Gasteiger partial charge < -0.3 is 9.72 Å². The molecule has 2 aromatic rings. The predicted octanol–water partition coefficient (Wildman–Crippen LogP) is 5.47. The lowest BCUT2D eigenvalue weighted by Crippen LogP contribution is -1.86. The number of methoxy groups -OCH3 is 1. The van der Waals surface area contributed by atoms with Crippen molar-refractivity contribution >= 4 is 10.9 Å². The zero-order valence-electron chi connectivity index (χ0n) is 12.9. The van der Waals surface area contributed by atoms with E-state index in [1.165, 1.54) is 67.8 Å². The molecule has 0 atom stereocenters. The molecule has 0 saturated carbocycles. The van der Waals surface area contributed by atoms with Crippen LogP contribution in [0.3, 0.4) is 0 Å². The third-order valence-electron chi connectivity index (χ3n) is 4.02. The first-order valence-electron chi connectivity index (χ1n) is 7.99. The zero-order valence-corrected chi connectivity index (χ0v) is 12.9. The van der Waals surface area contributed by atoms with Crippen LogP contribution >= 0.6 is 0 Å². The number of aromatic amines is 1. The number of unbranched alkanes of at least 4 members (excludes halogenated alkanes) is 6. The number of ether oxygens (including phenoxy) is 1. The van der Waals surface area contributed by atoms with Gasteiger partial charge in [-0.2, -0.15) is 0 Å². The molecule has 2 heteroatoms. The molecule has 2 nitrogen and oxygen atoms in total. The van der Waals surface area contributed by atoms with Crippen LogP contribution in [0.4, 0.5) is 0 Å². The summed E-state index contributed by atoms with van der Waals surface area (Å²) in [5.74, 6) is 0.943. The number of hydrogen-bond acceptors (Lipinski definition) is 1. The fourth-order valence-corrected chi connectivity index (χ4v) is 2.76. The molecule has 1 aromatic carbocycles. The van der Waals surface area contributed by atoms with Crippen molar-refractivity contribution in [1.29, 1.82) is 0 Å². The topological polar surface area (TPSA) is 25.0 Å². The van der Waals surface area contributed by atoms with Gasteiger partial charge in [-0.25, -0.2) is 0 Å². The first-order chi connectivity index (χ1) is 9.85. The van der Waals surface area contributed by atoms with Crippen molar-refractivity contribution in [2.45, 2.75) is 58.3 Å². The van der Waals surface area contributed by atoms with Crippen molar-refractivity contribution in [3.05, 3.63) is 30.0 Å². The minimum atomic E-state index is 0.943. The summed E-state index contributed by atoms with van der Waals surface area (Å²) in [4.78, 5) is 3.35. The summed E-state index contributed by atoms with van der Waals surface area (Å²) >= 11 is 0. The Kier molecular flexibility index (Phi) is 5.97. The van der Waals surface area contributed by atoms with Gasteiger partial charge in [0.05, 0.1) is 7.11 Å². The highest BCUT2D eigenvalue weighted by Crippen LogP contribution is 2.25. The van der Waals surface area contributed by atoms with Gasteiger partial charge in [0.25, 0.3) is 0 Å². The maximum Gasteiger partial charge on any atom is 0.119 e. The molecule has 0 bridgehead atoms. The second-order valence-electron chi connectivity index (χ2n) is 5.60. The van der Waals surface area contributed by atoms with Gasteiger partial charge in [0.1, 0.15) is 5.75 Å². The molecule has 1 heterocycles. The van der Waals surface area contributed by atoms with E-state index in [1.807, 2.05) is 6.07 Å². The number of benzene rings is 1. The van der Waals surface area contributed by atoms with E-state index in [2.05, 4.69) is 30.2 Å². The minimum absolute atomic E-state index is 0.943. The Balaban J connectivity index is 1.81. The lowest BCUT2D eigenvalue weighted by atomic mass is 10.0. The zero-order chi connectivity index (χ0) is 14.2. The molecule has 110 valence electrons. The number of nitrogens with one attached hydrogen (secondary N) is 1. The summed E-state index contributed by atoms with van der Waals surface area (Å²) in [5, 5.41) is 1.32. The smallest absolute Gasteiger partial charge is 0.119 e. The van der Waals surface area contributed by atoms with E-state index in [1.54, 1.807) is 7.11 Å². The van der Waals surface area contributed by atoms with Crippen molar-refractivity contribution < 1.29 is 4.74 Å². The monoisotopic (exact) mass is 273 g/mol. The molecule has 0 unspecified atom stereocenters. The molecule has 1 N–H and O–H groups in total. The second-order valence-corrected chi connectivity index (χ2v) is 5.60. The Morgan fingerprint density at radius 1 is 1.00 bits per heavy atom. The van der Waals surface area contributed by atoms with Crippen molar-refractivity contribution in [1.82, 2.24) is 4.98 Å². The molecular weight excluding hydrogens is 246 g/mol. The predicted molar refractivity (Wildman–Crippen MR) is 86.5 cm³/mol. The van der Waals surface area contributed by atoms with Gasteiger partial charge in [-0.3, -0.25) is 0 Å². The Bertz CT molecular complexity index is 515. The third kappa shape index (κ3) is 4.03. The average molecular weight is 273 g/mol. The molecule has 0 radical (unpaired) electrons. The van der Waals surface area contributed by atoms with Gasteiger partial charge in [0, 0.05) is 17.1 Å². The first-order valence-corrected chi connectivity index (χ1v) is 7.99. The average Bonchev–Trinajstić information content (AvgIpc) is 2.88. The summed E-state index contributed by atoms with van der Waals surface area (Å²) in [6.07, 6.45) is 12.9. The minimum Gasteiger partial charge on any atom is -0.497 e. The fraction of sp³-hybridized carbons (Fsp3) is 0.556. The van der Waals surface area contributed by atoms with E-state index in [0.29, 0.717) is 0 Å². The summed E-state index contributed by atoms with van der Waals surface area (Å²) in [5.41, 5.74) is 2.64. The molecular formula is C18H27NO. The van der Waals surface area contributed by atoms with Crippen LogP contribution in [0.2, 0.25) is 0 Å². The van der Waals surface area contributed by atoms with Crippen molar-refractivity contribution in [2.24, 2.45) is 0 Å². The summed E-state index contributed by atoms with van der Waals surface area (Å²) in [6, 6.07) is 6.25. The largest absolute Gasteiger partial charge is 0.497 e. The van der Waals surface area contributed by atoms with Crippen LogP contribution < -0.4 is 4.74 Å². The highest BCUT2D eigenvalue weighted by Gasteiger charge is 2.04. The number of H-pyrrole nitrogens is 1. The normalized spacial score (nSPS) is 11.1. The molecule has 1 aromatic heterocycles. The van der Waals surface area contributed by atoms with E-state index in [0.717, 1.165) is 5.75 Å². The van der Waals surface area contributed by atoms with E-state index in [9.17, 15) is 0 Å². The van der Waals surface area contributed by atoms with Crippen LogP contribution in [0.5, 0.6) is 5.75 Å². The van der Waals surface area contributed by atoms with Crippen LogP contribution in [0.25, 0.3) is 10.9 Å². The van der Waals surface area contributed by atoms with Crippen LogP contribution in [-0.2, 0) is 6.42 Å². The number of hydrogen-bond donors (Lipinski definition) is 1. The standard InChI is InChI=1S/C18H27NO/c1-3-4-5-6-7-8-9-10-15-14-19-18-12-11-16(20-2)13-17(15)18/h11-14,19H,3-10H2,1-2H3. The van der Waals surface area contributed by atoms with Crippen molar-refractivity contribution in [2.75, 3.05) is 7.11 Å². The lowest BCUT2D eigenvalue weighted by Gasteiger charge is -2.03. The third-order valence-corrected chi connectivity index (χ3v) is 4.02. The molecule has 0 saturated heterocycles. The van der Waals surface area contributed by atoms with Crippen LogP contribution in [0.15, 0.2) is 24.4 Å². The maximum absolute atomic E-state index is 5.31. The first kappa shape index (κ1) is 15.0. The van der Waals surface area contributed by atoms with Crippen LogP contribution in [0.1, 0.15) is 57.4 Å². The molecule has 0 amide bonds. The summed E-state index contributed by atoms with van der Waals surface area (Å²) < 4.78 is 5.31. The van der Waals surface area contributed by atoms with Gasteiger partial charge in [-0.15, -0.1) is 0 Å². The number of aromatic nitrogens is 1. The van der Waals surface area contributed by atoms with Crippen molar-refractivity contribution in [3.63, 3.8) is 0 Å². The maximum atomic E-state index is 5.31. The van der Waals surface area contributed by atoms with Crippen LogP contribution in [-0.4, -0.2) is 12.1 Å². The highest BCUT2D eigenvalue weighted by atomic mass is 16.5. The molecule has 0 aliphatic carbocycles. The van der Waals surface area contributed by atoms with Gasteiger partial charge in [-0.05, 0) is 36.6 Å². The van der Waals surface area contributed by atoms with Crippen LogP contribution in [0, 0.1) is 0 Å². The van der Waals surface area contributed by atoms with E-state index in [-0.39, 0.29) is 0 Å². The number of rotatable bonds is 9. The quantitative estimate of drug-likeness (QED) is 0.602. The molecule has 2 rings (SSSR count). The SMILES string of the molecule is CCCCCCCCCc1c[nH]c2ccc(OC)cc12. The Morgan fingerprint density at radius 2 is 1.75 bits per heavy atom.